The largest absolute Gasteiger partial charge is 0.334 e. The van der Waals surface area contributed by atoms with E-state index in [2.05, 4.69) is 18.8 Å². The van der Waals surface area contributed by atoms with Gasteiger partial charge in [0.1, 0.15) is 5.69 Å². The Morgan fingerprint density at radius 3 is 2.78 bits per heavy atom. The molecule has 0 aromatic carbocycles. The topological polar surface area (TPSA) is 33.2 Å². The molecule has 1 aliphatic rings. The maximum Gasteiger partial charge on any atom is 0.272 e. The van der Waals surface area contributed by atoms with Crippen LogP contribution in [0.4, 0.5) is 4.39 Å². The highest BCUT2D eigenvalue weighted by molar-refractivity contribution is 5.92. The number of carbonyl (C=O) groups is 1. The van der Waals surface area contributed by atoms with Crippen molar-refractivity contribution in [3.63, 3.8) is 0 Å². The standard InChI is InChI=1S/C14H19FN2O/c1-9-7-10(2)11(3)17(8-9)14(18)12-5-4-6-13(15)16-12/h4-6,9-11H,7-8H2,1-3H3. The van der Waals surface area contributed by atoms with Gasteiger partial charge >= 0.3 is 0 Å². The summed E-state index contributed by atoms with van der Waals surface area (Å²) in [4.78, 5) is 17.8. The second-order valence-corrected chi connectivity index (χ2v) is 5.36. The fourth-order valence-electron chi connectivity index (χ4n) is 2.66. The zero-order valence-electron chi connectivity index (χ0n) is 11.1. The fraction of sp³-hybridized carbons (Fsp3) is 0.571. The van der Waals surface area contributed by atoms with Crippen molar-refractivity contribution >= 4 is 5.91 Å². The van der Waals surface area contributed by atoms with Gasteiger partial charge < -0.3 is 4.90 Å². The van der Waals surface area contributed by atoms with Gasteiger partial charge in [-0.15, -0.1) is 0 Å². The van der Waals surface area contributed by atoms with Gasteiger partial charge in [-0.05, 0) is 37.3 Å². The van der Waals surface area contributed by atoms with E-state index < -0.39 is 5.95 Å². The number of aromatic nitrogens is 1. The molecule has 1 aromatic heterocycles. The van der Waals surface area contributed by atoms with E-state index in [0.717, 1.165) is 13.0 Å². The van der Waals surface area contributed by atoms with Gasteiger partial charge in [0.2, 0.25) is 5.95 Å². The van der Waals surface area contributed by atoms with Crippen LogP contribution in [0.2, 0.25) is 0 Å². The zero-order chi connectivity index (χ0) is 13.3. The van der Waals surface area contributed by atoms with Crippen LogP contribution in [-0.4, -0.2) is 28.4 Å². The van der Waals surface area contributed by atoms with E-state index in [-0.39, 0.29) is 17.6 Å². The molecule has 18 heavy (non-hydrogen) atoms. The summed E-state index contributed by atoms with van der Waals surface area (Å²) in [7, 11) is 0. The van der Waals surface area contributed by atoms with E-state index >= 15 is 0 Å². The number of pyridine rings is 1. The van der Waals surface area contributed by atoms with Crippen LogP contribution in [0, 0.1) is 17.8 Å². The molecule has 2 rings (SSSR count). The van der Waals surface area contributed by atoms with Crippen molar-refractivity contribution in [2.45, 2.75) is 33.2 Å². The van der Waals surface area contributed by atoms with E-state index in [0.29, 0.717) is 11.8 Å². The molecule has 2 heterocycles. The van der Waals surface area contributed by atoms with E-state index in [9.17, 15) is 9.18 Å². The molecule has 1 saturated heterocycles. The minimum absolute atomic E-state index is 0.166. The number of halogens is 1. The van der Waals surface area contributed by atoms with Gasteiger partial charge in [0.25, 0.3) is 5.91 Å². The summed E-state index contributed by atoms with van der Waals surface area (Å²) in [5.74, 6) is 0.173. The van der Waals surface area contributed by atoms with Crippen molar-refractivity contribution < 1.29 is 9.18 Å². The summed E-state index contributed by atoms with van der Waals surface area (Å²) in [6, 6.07) is 4.53. The molecule has 0 radical (unpaired) electrons. The number of piperidine rings is 1. The monoisotopic (exact) mass is 250 g/mol. The highest BCUT2D eigenvalue weighted by Crippen LogP contribution is 2.27. The van der Waals surface area contributed by atoms with Crippen molar-refractivity contribution in [3.8, 4) is 0 Å². The minimum Gasteiger partial charge on any atom is -0.334 e. The summed E-state index contributed by atoms with van der Waals surface area (Å²) >= 11 is 0. The third-order valence-corrected chi connectivity index (χ3v) is 3.79. The first kappa shape index (κ1) is 13.0. The van der Waals surface area contributed by atoms with Gasteiger partial charge in [0.05, 0.1) is 0 Å². The SMILES string of the molecule is CC1CC(C)C(C)N(C(=O)c2cccc(F)n2)C1. The number of nitrogens with zero attached hydrogens (tertiary/aromatic N) is 2. The maximum absolute atomic E-state index is 13.1. The minimum atomic E-state index is -0.605. The predicted molar refractivity (Wildman–Crippen MR) is 67.6 cm³/mol. The van der Waals surface area contributed by atoms with Crippen LogP contribution in [0.5, 0.6) is 0 Å². The molecule has 0 N–H and O–H groups in total. The lowest BCUT2D eigenvalue weighted by Gasteiger charge is -2.40. The van der Waals surface area contributed by atoms with Crippen LogP contribution in [0.15, 0.2) is 18.2 Å². The van der Waals surface area contributed by atoms with Crippen molar-refractivity contribution in [2.75, 3.05) is 6.54 Å². The molecule has 3 atom stereocenters. The first-order chi connectivity index (χ1) is 8.49. The van der Waals surface area contributed by atoms with E-state index in [1.807, 2.05) is 11.8 Å². The van der Waals surface area contributed by atoms with Crippen molar-refractivity contribution in [1.29, 1.82) is 0 Å². The van der Waals surface area contributed by atoms with Crippen LogP contribution in [0.1, 0.15) is 37.7 Å². The first-order valence-corrected chi connectivity index (χ1v) is 6.42. The molecule has 1 aromatic rings. The molecule has 3 unspecified atom stereocenters. The molecule has 0 aliphatic carbocycles. The third-order valence-electron chi connectivity index (χ3n) is 3.79. The first-order valence-electron chi connectivity index (χ1n) is 6.42. The molecular weight excluding hydrogens is 231 g/mol. The Hall–Kier alpha value is -1.45. The lowest BCUT2D eigenvalue weighted by atomic mass is 9.86. The van der Waals surface area contributed by atoms with E-state index in [1.165, 1.54) is 12.1 Å². The summed E-state index contributed by atoms with van der Waals surface area (Å²) < 4.78 is 13.1. The normalized spacial score (nSPS) is 28.2. The van der Waals surface area contributed by atoms with E-state index in [4.69, 9.17) is 0 Å². The maximum atomic E-state index is 13.1. The Morgan fingerprint density at radius 1 is 1.39 bits per heavy atom. The molecular formula is C14H19FN2O. The Balaban J connectivity index is 2.22. The molecule has 0 bridgehead atoms. The predicted octanol–water partition coefficient (Wildman–Crippen LogP) is 2.73. The Kier molecular flexibility index (Phi) is 3.64. The highest BCUT2D eigenvalue weighted by atomic mass is 19.1. The van der Waals surface area contributed by atoms with Gasteiger partial charge in [-0.25, -0.2) is 4.98 Å². The molecule has 98 valence electrons. The number of hydrogen-bond acceptors (Lipinski definition) is 2. The van der Waals surface area contributed by atoms with Gasteiger partial charge in [-0.2, -0.15) is 4.39 Å². The summed E-state index contributed by atoms with van der Waals surface area (Å²) in [6.45, 7) is 7.07. The van der Waals surface area contributed by atoms with Crippen molar-refractivity contribution in [2.24, 2.45) is 11.8 Å². The number of likely N-dealkylation sites (tertiary alicyclic amines) is 1. The molecule has 0 spiro atoms. The smallest absolute Gasteiger partial charge is 0.272 e. The van der Waals surface area contributed by atoms with Gasteiger partial charge in [-0.1, -0.05) is 19.9 Å². The van der Waals surface area contributed by atoms with Gasteiger partial charge in [0.15, 0.2) is 0 Å². The average molecular weight is 250 g/mol. The quantitative estimate of drug-likeness (QED) is 0.718. The van der Waals surface area contributed by atoms with Crippen LogP contribution >= 0.6 is 0 Å². The number of hydrogen-bond donors (Lipinski definition) is 0. The number of rotatable bonds is 1. The third kappa shape index (κ3) is 2.52. The molecule has 4 heteroatoms. The van der Waals surface area contributed by atoms with Crippen LogP contribution in [0.3, 0.4) is 0 Å². The highest BCUT2D eigenvalue weighted by Gasteiger charge is 2.32. The summed E-state index contributed by atoms with van der Waals surface area (Å²) in [6.07, 6.45) is 1.13. The average Bonchev–Trinajstić information content (AvgIpc) is 2.33. The van der Waals surface area contributed by atoms with Crippen LogP contribution < -0.4 is 0 Å². The second kappa shape index (κ2) is 5.04. The van der Waals surface area contributed by atoms with E-state index in [1.54, 1.807) is 6.07 Å². The summed E-state index contributed by atoms with van der Waals surface area (Å²) in [5.41, 5.74) is 0.197. The van der Waals surface area contributed by atoms with Crippen LogP contribution in [-0.2, 0) is 0 Å². The zero-order valence-corrected chi connectivity index (χ0v) is 11.1. The van der Waals surface area contributed by atoms with Gasteiger partial charge in [0, 0.05) is 12.6 Å². The number of amides is 1. The molecule has 3 nitrogen and oxygen atoms in total. The van der Waals surface area contributed by atoms with Crippen LogP contribution in [0.25, 0.3) is 0 Å². The Labute approximate surface area is 107 Å². The second-order valence-electron chi connectivity index (χ2n) is 5.36. The molecule has 1 aliphatic heterocycles. The van der Waals surface area contributed by atoms with Crippen molar-refractivity contribution in [3.05, 3.63) is 29.8 Å². The lowest BCUT2D eigenvalue weighted by Crippen LogP contribution is -2.49. The molecule has 1 amide bonds. The number of carbonyl (C=O) groups excluding carboxylic acids is 1. The van der Waals surface area contributed by atoms with Crippen molar-refractivity contribution in [1.82, 2.24) is 9.88 Å². The Morgan fingerprint density at radius 2 is 2.11 bits per heavy atom. The fourth-order valence-corrected chi connectivity index (χ4v) is 2.66. The lowest BCUT2D eigenvalue weighted by molar-refractivity contribution is 0.0449. The summed E-state index contributed by atoms with van der Waals surface area (Å²) in [5, 5.41) is 0. The van der Waals surface area contributed by atoms with Gasteiger partial charge in [-0.3, -0.25) is 4.79 Å². The molecule has 1 fully saturated rings. The Bertz CT molecular complexity index is 449. The molecule has 0 saturated carbocycles.